The molecule has 1 amide bonds. The van der Waals surface area contributed by atoms with Crippen molar-refractivity contribution in [2.75, 3.05) is 19.7 Å². The quantitative estimate of drug-likeness (QED) is 0.762. The van der Waals surface area contributed by atoms with Crippen LogP contribution in [0.1, 0.15) is 40.5 Å². The molecule has 1 fully saturated rings. The number of esters is 1. The number of rotatable bonds is 5. The average Bonchev–Trinajstić information content (AvgIpc) is 2.35. The molecule has 2 atom stereocenters. The van der Waals surface area contributed by atoms with E-state index in [4.69, 9.17) is 4.74 Å². The minimum Gasteiger partial charge on any atom is -0.465 e. The lowest BCUT2D eigenvalue weighted by molar-refractivity contribution is -0.152. The normalized spacial score (nSPS) is 23.2. The predicted octanol–water partition coefficient (Wildman–Crippen LogP) is 1.17. The van der Waals surface area contributed by atoms with Crippen LogP contribution in [0, 0.1) is 5.92 Å². The van der Waals surface area contributed by atoms with Gasteiger partial charge in [0.1, 0.15) is 6.54 Å². The summed E-state index contributed by atoms with van der Waals surface area (Å²) in [7, 11) is 0. The molecule has 0 aliphatic carbocycles. The van der Waals surface area contributed by atoms with Gasteiger partial charge in [0.25, 0.3) is 0 Å². The van der Waals surface area contributed by atoms with Crippen LogP contribution < -0.4 is 5.32 Å². The van der Waals surface area contributed by atoms with Gasteiger partial charge in [0.2, 0.25) is 5.91 Å². The van der Waals surface area contributed by atoms with Crippen LogP contribution in [0.5, 0.6) is 0 Å². The van der Waals surface area contributed by atoms with Gasteiger partial charge < -0.3 is 15.0 Å². The molecule has 0 aromatic heterocycles. The molecule has 2 unspecified atom stereocenters. The maximum atomic E-state index is 12.5. The predicted molar refractivity (Wildman–Crippen MR) is 73.7 cm³/mol. The molecule has 1 saturated heterocycles. The van der Waals surface area contributed by atoms with Gasteiger partial charge >= 0.3 is 5.97 Å². The number of nitrogens with zero attached hydrogens (tertiary/aromatic N) is 1. The molecular weight excluding hydrogens is 244 g/mol. The fourth-order valence-electron chi connectivity index (χ4n) is 2.45. The minimum atomic E-state index is -0.327. The molecule has 0 spiro atoms. The summed E-state index contributed by atoms with van der Waals surface area (Å²) >= 11 is 0. The van der Waals surface area contributed by atoms with Crippen LogP contribution in [0.25, 0.3) is 0 Å². The molecule has 5 heteroatoms. The van der Waals surface area contributed by atoms with Crippen LogP contribution in [-0.2, 0) is 14.3 Å². The molecule has 0 radical (unpaired) electrons. The van der Waals surface area contributed by atoms with Crippen molar-refractivity contribution in [2.45, 2.75) is 52.6 Å². The van der Waals surface area contributed by atoms with Crippen molar-refractivity contribution in [3.63, 3.8) is 0 Å². The smallest absolute Gasteiger partial charge is 0.325 e. The van der Waals surface area contributed by atoms with E-state index in [1.54, 1.807) is 11.8 Å². The highest BCUT2D eigenvalue weighted by Gasteiger charge is 2.30. The summed E-state index contributed by atoms with van der Waals surface area (Å²) < 4.78 is 4.94. The number of nitrogens with one attached hydrogen (secondary N) is 1. The second kappa shape index (κ2) is 7.48. The minimum absolute atomic E-state index is 0.0158. The van der Waals surface area contributed by atoms with Crippen molar-refractivity contribution < 1.29 is 14.3 Å². The Hall–Kier alpha value is -1.10. The summed E-state index contributed by atoms with van der Waals surface area (Å²) in [6, 6.07) is 0.376. The fourth-order valence-corrected chi connectivity index (χ4v) is 2.45. The third-order valence-corrected chi connectivity index (χ3v) is 3.48. The third kappa shape index (κ3) is 4.82. The Bertz CT molecular complexity index is 318. The van der Waals surface area contributed by atoms with Crippen LogP contribution >= 0.6 is 0 Å². The van der Waals surface area contributed by atoms with Crippen molar-refractivity contribution in [3.8, 4) is 0 Å². The summed E-state index contributed by atoms with van der Waals surface area (Å²) in [5.74, 6) is -0.226. The van der Waals surface area contributed by atoms with E-state index >= 15 is 0 Å². The molecule has 0 saturated carbocycles. The Morgan fingerprint density at radius 1 is 1.42 bits per heavy atom. The number of carbonyl (C=O) groups excluding carboxylic acids is 2. The van der Waals surface area contributed by atoms with Gasteiger partial charge in [0, 0.05) is 18.0 Å². The van der Waals surface area contributed by atoms with Gasteiger partial charge in [-0.25, -0.2) is 0 Å². The first-order valence-electron chi connectivity index (χ1n) is 7.15. The monoisotopic (exact) mass is 270 g/mol. The topological polar surface area (TPSA) is 58.6 Å². The van der Waals surface area contributed by atoms with Gasteiger partial charge in [0.05, 0.1) is 6.61 Å². The number of hydrogen-bond acceptors (Lipinski definition) is 4. The summed E-state index contributed by atoms with van der Waals surface area (Å²) in [5.41, 5.74) is 0. The van der Waals surface area contributed by atoms with Crippen molar-refractivity contribution in [1.29, 1.82) is 0 Å². The zero-order chi connectivity index (χ0) is 14.4. The van der Waals surface area contributed by atoms with E-state index in [0.29, 0.717) is 12.6 Å². The van der Waals surface area contributed by atoms with Gasteiger partial charge in [0.15, 0.2) is 0 Å². The Morgan fingerprint density at radius 2 is 2.11 bits per heavy atom. The highest BCUT2D eigenvalue weighted by molar-refractivity contribution is 5.84. The molecule has 1 rings (SSSR count). The first-order chi connectivity index (χ1) is 8.95. The van der Waals surface area contributed by atoms with Gasteiger partial charge in [-0.05, 0) is 47.1 Å². The highest BCUT2D eigenvalue weighted by Crippen LogP contribution is 2.20. The second-order valence-electron chi connectivity index (χ2n) is 5.44. The Balaban J connectivity index is 2.64. The molecule has 5 nitrogen and oxygen atoms in total. The number of carbonyl (C=O) groups is 2. The van der Waals surface area contributed by atoms with Crippen LogP contribution in [0.4, 0.5) is 0 Å². The number of piperidine rings is 1. The van der Waals surface area contributed by atoms with Gasteiger partial charge in [-0.3, -0.25) is 9.59 Å². The molecule has 0 aromatic carbocycles. The summed E-state index contributed by atoms with van der Waals surface area (Å²) in [6.07, 6.45) is 1.68. The van der Waals surface area contributed by atoms with Crippen LogP contribution in [0.2, 0.25) is 0 Å². The van der Waals surface area contributed by atoms with Gasteiger partial charge in [-0.15, -0.1) is 0 Å². The van der Waals surface area contributed by atoms with Crippen molar-refractivity contribution in [2.24, 2.45) is 5.92 Å². The van der Waals surface area contributed by atoms with E-state index in [1.165, 1.54) is 0 Å². The van der Waals surface area contributed by atoms with E-state index in [2.05, 4.69) is 12.2 Å². The second-order valence-corrected chi connectivity index (χ2v) is 5.44. The molecule has 1 heterocycles. The van der Waals surface area contributed by atoms with Crippen molar-refractivity contribution in [1.82, 2.24) is 10.2 Å². The standard InChI is InChI=1S/C14H26N2O3/c1-5-19-13(17)9-16(10(2)3)14(18)12-6-7-15-11(4)8-12/h10-12,15H,5-9H2,1-4H3. The molecule has 0 bridgehead atoms. The Morgan fingerprint density at radius 3 is 2.63 bits per heavy atom. The maximum Gasteiger partial charge on any atom is 0.325 e. The van der Waals surface area contributed by atoms with Gasteiger partial charge in [-0.2, -0.15) is 0 Å². The first kappa shape index (κ1) is 16.0. The van der Waals surface area contributed by atoms with E-state index < -0.39 is 0 Å². The number of amides is 1. The zero-order valence-corrected chi connectivity index (χ0v) is 12.4. The molecule has 1 aliphatic heterocycles. The summed E-state index contributed by atoms with van der Waals surface area (Å²) in [4.78, 5) is 25.7. The Kier molecular flexibility index (Phi) is 6.28. The molecule has 19 heavy (non-hydrogen) atoms. The molecule has 110 valence electrons. The van der Waals surface area contributed by atoms with Crippen molar-refractivity contribution in [3.05, 3.63) is 0 Å². The van der Waals surface area contributed by atoms with Crippen LogP contribution in [-0.4, -0.2) is 48.6 Å². The lowest BCUT2D eigenvalue weighted by Crippen LogP contribution is -2.48. The number of ether oxygens (including phenoxy) is 1. The lowest BCUT2D eigenvalue weighted by Gasteiger charge is -2.33. The van der Waals surface area contributed by atoms with E-state index in [-0.39, 0.29) is 30.4 Å². The highest BCUT2D eigenvalue weighted by atomic mass is 16.5. The van der Waals surface area contributed by atoms with Crippen molar-refractivity contribution >= 4 is 11.9 Å². The first-order valence-corrected chi connectivity index (χ1v) is 7.15. The summed E-state index contributed by atoms with van der Waals surface area (Å²) in [5, 5.41) is 3.33. The number of hydrogen-bond donors (Lipinski definition) is 1. The summed E-state index contributed by atoms with van der Waals surface area (Å²) in [6.45, 7) is 9.00. The molecule has 1 aliphatic rings. The van der Waals surface area contributed by atoms with Crippen LogP contribution in [0.15, 0.2) is 0 Å². The molecule has 0 aromatic rings. The van der Waals surface area contributed by atoms with E-state index in [1.807, 2.05) is 13.8 Å². The van der Waals surface area contributed by atoms with Crippen LogP contribution in [0.3, 0.4) is 0 Å². The lowest BCUT2D eigenvalue weighted by atomic mass is 9.91. The maximum absolute atomic E-state index is 12.5. The molecule has 1 N–H and O–H groups in total. The fraction of sp³-hybridized carbons (Fsp3) is 0.857. The van der Waals surface area contributed by atoms with Gasteiger partial charge in [-0.1, -0.05) is 0 Å². The van der Waals surface area contributed by atoms with E-state index in [0.717, 1.165) is 19.4 Å². The third-order valence-electron chi connectivity index (χ3n) is 3.48. The van der Waals surface area contributed by atoms with E-state index in [9.17, 15) is 9.59 Å². The average molecular weight is 270 g/mol. The zero-order valence-electron chi connectivity index (χ0n) is 12.4. The molecular formula is C14H26N2O3. The Labute approximate surface area is 115 Å². The SMILES string of the molecule is CCOC(=O)CN(C(=O)C1CCNC(C)C1)C(C)C. The largest absolute Gasteiger partial charge is 0.465 e.